The average molecular weight is 461 g/mol. The Bertz CT molecular complexity index is 842. The summed E-state index contributed by atoms with van der Waals surface area (Å²) in [7, 11) is 0. The molecule has 0 saturated carbocycles. The number of benzene rings is 2. The van der Waals surface area contributed by atoms with Gasteiger partial charge in [-0.2, -0.15) is 0 Å². The molecule has 0 bridgehead atoms. The second kappa shape index (κ2) is 14.8. The van der Waals surface area contributed by atoms with Gasteiger partial charge in [-0.1, -0.05) is 60.7 Å². The van der Waals surface area contributed by atoms with E-state index in [1.165, 1.54) is 0 Å². The monoisotopic (exact) mass is 460 g/mol. The van der Waals surface area contributed by atoms with Gasteiger partial charge in [-0.3, -0.25) is 9.59 Å². The van der Waals surface area contributed by atoms with Crippen LogP contribution in [0.25, 0.3) is 12.2 Å². The first-order valence-corrected chi connectivity index (χ1v) is 12.2. The normalized spacial score (nSPS) is 15.1. The topological polar surface area (TPSA) is 64.7 Å². The minimum Gasteiger partial charge on any atom is -0.353 e. The maximum Gasteiger partial charge on any atom is 0.243 e. The molecule has 180 valence electrons. The van der Waals surface area contributed by atoms with Crippen molar-refractivity contribution in [3.05, 3.63) is 83.9 Å². The Labute approximate surface area is 203 Å². The summed E-state index contributed by atoms with van der Waals surface area (Å²) in [5, 5.41) is 5.92. The Morgan fingerprint density at radius 1 is 0.647 bits per heavy atom. The van der Waals surface area contributed by atoms with Gasteiger partial charge in [-0.25, -0.2) is 0 Å². The van der Waals surface area contributed by atoms with E-state index < -0.39 is 0 Å². The van der Waals surface area contributed by atoms with E-state index in [2.05, 4.69) is 20.4 Å². The lowest BCUT2D eigenvalue weighted by atomic mass is 10.2. The van der Waals surface area contributed by atoms with Crippen LogP contribution in [0.1, 0.15) is 24.0 Å². The van der Waals surface area contributed by atoms with Gasteiger partial charge < -0.3 is 20.4 Å². The van der Waals surface area contributed by atoms with E-state index in [1.807, 2.05) is 72.8 Å². The lowest BCUT2D eigenvalue weighted by molar-refractivity contribution is -0.117. The zero-order valence-corrected chi connectivity index (χ0v) is 19.9. The Balaban J connectivity index is 1.18. The van der Waals surface area contributed by atoms with Gasteiger partial charge in [0.1, 0.15) is 0 Å². The molecular weight excluding hydrogens is 424 g/mol. The third kappa shape index (κ3) is 10.1. The Morgan fingerprint density at radius 2 is 1.03 bits per heavy atom. The van der Waals surface area contributed by atoms with Crippen LogP contribution >= 0.6 is 0 Å². The van der Waals surface area contributed by atoms with Gasteiger partial charge in [0.05, 0.1) is 0 Å². The molecule has 0 aliphatic carbocycles. The van der Waals surface area contributed by atoms with Gasteiger partial charge in [-0.05, 0) is 49.2 Å². The molecule has 0 aromatic heterocycles. The largest absolute Gasteiger partial charge is 0.353 e. The lowest BCUT2D eigenvalue weighted by Crippen LogP contribution is -2.47. The van der Waals surface area contributed by atoms with Crippen LogP contribution in [-0.4, -0.2) is 74.0 Å². The second-order valence-corrected chi connectivity index (χ2v) is 8.46. The molecule has 3 rings (SSSR count). The van der Waals surface area contributed by atoms with Crippen molar-refractivity contribution in [3.8, 4) is 0 Å². The molecule has 1 saturated heterocycles. The summed E-state index contributed by atoms with van der Waals surface area (Å²) in [6.07, 6.45) is 8.76. The van der Waals surface area contributed by atoms with Gasteiger partial charge in [0.2, 0.25) is 11.8 Å². The van der Waals surface area contributed by atoms with Crippen LogP contribution in [0, 0.1) is 0 Å². The van der Waals surface area contributed by atoms with Crippen molar-refractivity contribution in [2.75, 3.05) is 52.4 Å². The SMILES string of the molecule is O=C(C=Cc1ccccc1)NCCCN1CCN(CCCNC(=O)C=Cc2ccccc2)CC1. The minimum absolute atomic E-state index is 0.0451. The maximum absolute atomic E-state index is 11.9. The molecule has 1 fully saturated rings. The van der Waals surface area contributed by atoms with E-state index in [0.717, 1.165) is 63.2 Å². The second-order valence-electron chi connectivity index (χ2n) is 8.46. The number of amides is 2. The van der Waals surface area contributed by atoms with Crippen molar-refractivity contribution in [2.24, 2.45) is 0 Å². The van der Waals surface area contributed by atoms with Gasteiger partial charge in [0, 0.05) is 51.4 Å². The van der Waals surface area contributed by atoms with Gasteiger partial charge in [-0.15, -0.1) is 0 Å². The van der Waals surface area contributed by atoms with Gasteiger partial charge >= 0.3 is 0 Å². The number of carbonyl (C=O) groups is 2. The smallest absolute Gasteiger partial charge is 0.243 e. The van der Waals surface area contributed by atoms with Crippen molar-refractivity contribution < 1.29 is 9.59 Å². The number of nitrogens with one attached hydrogen (secondary N) is 2. The molecule has 1 aliphatic heterocycles. The summed E-state index contributed by atoms with van der Waals surface area (Å²) >= 11 is 0. The highest BCUT2D eigenvalue weighted by Gasteiger charge is 2.15. The number of rotatable bonds is 12. The summed E-state index contributed by atoms with van der Waals surface area (Å²) < 4.78 is 0. The Hall–Kier alpha value is -3.22. The van der Waals surface area contributed by atoms with Gasteiger partial charge in [0.15, 0.2) is 0 Å². The number of piperazine rings is 1. The molecule has 2 N–H and O–H groups in total. The van der Waals surface area contributed by atoms with Crippen molar-refractivity contribution in [1.82, 2.24) is 20.4 Å². The highest BCUT2D eigenvalue weighted by atomic mass is 16.2. The van der Waals surface area contributed by atoms with E-state index in [-0.39, 0.29) is 11.8 Å². The summed E-state index contributed by atoms with van der Waals surface area (Å²) in [5.41, 5.74) is 2.05. The standard InChI is InChI=1S/C28H36N4O2/c33-27(15-13-25-9-3-1-4-10-25)29-17-7-19-31-21-23-32(24-22-31)20-8-18-30-28(34)16-14-26-11-5-2-6-12-26/h1-6,9-16H,7-8,17-24H2,(H,29,33)(H,30,34). The summed E-state index contributed by atoms with van der Waals surface area (Å²) in [6.45, 7) is 7.58. The molecule has 6 heteroatoms. The van der Waals surface area contributed by atoms with E-state index in [4.69, 9.17) is 0 Å². The highest BCUT2D eigenvalue weighted by molar-refractivity contribution is 5.92. The molecule has 0 radical (unpaired) electrons. The average Bonchev–Trinajstić information content (AvgIpc) is 2.88. The van der Waals surface area contributed by atoms with Crippen LogP contribution in [-0.2, 0) is 9.59 Å². The summed E-state index contributed by atoms with van der Waals surface area (Å²) in [6, 6.07) is 19.7. The third-order valence-corrected chi connectivity index (χ3v) is 5.82. The van der Waals surface area contributed by atoms with E-state index in [1.54, 1.807) is 12.2 Å². The van der Waals surface area contributed by atoms with Crippen molar-refractivity contribution in [3.63, 3.8) is 0 Å². The third-order valence-electron chi connectivity index (χ3n) is 5.82. The number of hydrogen-bond acceptors (Lipinski definition) is 4. The van der Waals surface area contributed by atoms with Crippen LogP contribution in [0.2, 0.25) is 0 Å². The predicted molar refractivity (Wildman–Crippen MR) is 139 cm³/mol. The molecule has 0 atom stereocenters. The molecule has 2 amide bonds. The zero-order valence-electron chi connectivity index (χ0n) is 19.9. The molecule has 34 heavy (non-hydrogen) atoms. The van der Waals surface area contributed by atoms with E-state index in [0.29, 0.717) is 13.1 Å². The maximum atomic E-state index is 11.9. The van der Waals surface area contributed by atoms with Crippen molar-refractivity contribution >= 4 is 24.0 Å². The summed E-state index contributed by atoms with van der Waals surface area (Å²) in [5.74, 6) is -0.0901. The minimum atomic E-state index is -0.0451. The quantitative estimate of drug-likeness (QED) is 0.378. The first-order valence-electron chi connectivity index (χ1n) is 12.2. The molecule has 2 aromatic carbocycles. The highest BCUT2D eigenvalue weighted by Crippen LogP contribution is 2.04. The van der Waals surface area contributed by atoms with Crippen LogP contribution in [0.4, 0.5) is 0 Å². The molecular formula is C28H36N4O2. The Morgan fingerprint density at radius 3 is 1.41 bits per heavy atom. The van der Waals surface area contributed by atoms with Crippen LogP contribution in [0.15, 0.2) is 72.8 Å². The summed E-state index contributed by atoms with van der Waals surface area (Å²) in [4.78, 5) is 28.8. The van der Waals surface area contributed by atoms with Crippen LogP contribution in [0.5, 0.6) is 0 Å². The number of carbonyl (C=O) groups excluding carboxylic acids is 2. The first kappa shape index (κ1) is 25.4. The molecule has 1 aliphatic rings. The zero-order chi connectivity index (χ0) is 23.8. The van der Waals surface area contributed by atoms with E-state index in [9.17, 15) is 9.59 Å². The fourth-order valence-corrected chi connectivity index (χ4v) is 3.85. The van der Waals surface area contributed by atoms with E-state index >= 15 is 0 Å². The van der Waals surface area contributed by atoms with Crippen LogP contribution in [0.3, 0.4) is 0 Å². The first-order chi connectivity index (χ1) is 16.7. The van der Waals surface area contributed by atoms with Gasteiger partial charge in [0.25, 0.3) is 0 Å². The van der Waals surface area contributed by atoms with Crippen molar-refractivity contribution in [1.29, 1.82) is 0 Å². The van der Waals surface area contributed by atoms with Crippen LogP contribution < -0.4 is 10.6 Å². The lowest BCUT2D eigenvalue weighted by Gasteiger charge is -2.34. The number of hydrogen-bond donors (Lipinski definition) is 2. The fraction of sp³-hybridized carbons (Fsp3) is 0.357. The fourth-order valence-electron chi connectivity index (χ4n) is 3.85. The van der Waals surface area contributed by atoms with Crippen molar-refractivity contribution in [2.45, 2.75) is 12.8 Å². The molecule has 6 nitrogen and oxygen atoms in total. The predicted octanol–water partition coefficient (Wildman–Crippen LogP) is 3.04. The molecule has 0 spiro atoms. The number of nitrogens with zero attached hydrogens (tertiary/aromatic N) is 2. The Kier molecular flexibility index (Phi) is 11.1. The molecule has 1 heterocycles. The molecule has 2 aromatic rings. The molecule has 0 unspecified atom stereocenters.